The highest BCUT2D eigenvalue weighted by Crippen LogP contribution is 2.29. The number of rotatable bonds is 2. The van der Waals surface area contributed by atoms with E-state index in [1.54, 1.807) is 0 Å². The van der Waals surface area contributed by atoms with Crippen molar-refractivity contribution >= 4 is 10.9 Å². The van der Waals surface area contributed by atoms with Crippen molar-refractivity contribution in [3.05, 3.63) is 65.9 Å². The number of ether oxygens (including phenoxy) is 1. The molecule has 1 aliphatic rings. The molecule has 0 radical (unpaired) electrons. The van der Waals surface area contributed by atoms with Crippen molar-refractivity contribution in [1.82, 2.24) is 10.3 Å². The lowest BCUT2D eigenvalue weighted by Crippen LogP contribution is -2.27. The van der Waals surface area contributed by atoms with Gasteiger partial charge in [0.1, 0.15) is 5.75 Å². The highest BCUT2D eigenvalue weighted by molar-refractivity contribution is 5.85. The first-order valence-corrected chi connectivity index (χ1v) is 8.30. The van der Waals surface area contributed by atoms with Crippen LogP contribution in [0.4, 0.5) is 0 Å². The molecule has 0 saturated carbocycles. The van der Waals surface area contributed by atoms with Crippen LogP contribution in [-0.4, -0.2) is 18.1 Å². The molecule has 1 aliphatic heterocycles. The zero-order valence-electron chi connectivity index (χ0n) is 13.8. The minimum atomic E-state index is 0.464. The third kappa shape index (κ3) is 3.57. The topological polar surface area (TPSA) is 37.0 Å². The van der Waals surface area contributed by atoms with E-state index in [4.69, 9.17) is 4.74 Å². The fourth-order valence-electron chi connectivity index (χ4n) is 3.06. The van der Waals surface area contributed by atoms with Gasteiger partial charge in [-0.2, -0.15) is 0 Å². The van der Waals surface area contributed by atoms with Gasteiger partial charge in [0.2, 0.25) is 0 Å². The molecule has 2 aromatic carbocycles. The highest BCUT2D eigenvalue weighted by atomic mass is 16.5. The van der Waals surface area contributed by atoms with Crippen LogP contribution in [0.25, 0.3) is 10.9 Å². The van der Waals surface area contributed by atoms with Crippen molar-refractivity contribution in [3.8, 4) is 5.75 Å². The van der Waals surface area contributed by atoms with E-state index in [9.17, 15) is 0 Å². The van der Waals surface area contributed by atoms with Crippen LogP contribution in [0.3, 0.4) is 0 Å². The summed E-state index contributed by atoms with van der Waals surface area (Å²) in [6.07, 6.45) is 1.14. The predicted molar refractivity (Wildman–Crippen MR) is 96.0 cm³/mol. The van der Waals surface area contributed by atoms with Gasteiger partial charge in [-0.15, -0.1) is 0 Å². The van der Waals surface area contributed by atoms with E-state index in [1.807, 2.05) is 37.3 Å². The maximum atomic E-state index is 5.21. The van der Waals surface area contributed by atoms with E-state index in [1.165, 1.54) is 22.2 Å². The Kier molecular flexibility index (Phi) is 4.99. The van der Waals surface area contributed by atoms with Gasteiger partial charge >= 0.3 is 0 Å². The molecule has 0 amide bonds. The van der Waals surface area contributed by atoms with Crippen LogP contribution < -0.4 is 10.1 Å². The number of aromatic amines is 1. The normalized spacial score (nSPS) is 16.3. The smallest absolute Gasteiger partial charge is 0.119 e. The fraction of sp³-hybridized carbons (Fsp3) is 0.300. The fourth-order valence-corrected chi connectivity index (χ4v) is 3.06. The third-order valence-corrected chi connectivity index (χ3v) is 4.16. The lowest BCUT2D eigenvalue weighted by atomic mass is 10.0. The van der Waals surface area contributed by atoms with Crippen LogP contribution in [0.1, 0.15) is 31.1 Å². The lowest BCUT2D eigenvalue weighted by molar-refractivity contribution is 0.340. The molecule has 0 bridgehead atoms. The zero-order valence-corrected chi connectivity index (χ0v) is 13.8. The Balaban J connectivity index is 0.000000151. The molecule has 120 valence electrons. The second-order valence-electron chi connectivity index (χ2n) is 5.73. The van der Waals surface area contributed by atoms with E-state index in [2.05, 4.69) is 41.5 Å². The minimum Gasteiger partial charge on any atom is -0.494 e. The molecule has 1 aromatic heterocycles. The summed E-state index contributed by atoms with van der Waals surface area (Å²) >= 11 is 0. The predicted octanol–water partition coefficient (Wildman–Crippen LogP) is 4.46. The van der Waals surface area contributed by atoms with Crippen molar-refractivity contribution in [2.75, 3.05) is 13.2 Å². The second kappa shape index (κ2) is 7.34. The Bertz CT molecular complexity index is 749. The second-order valence-corrected chi connectivity index (χ2v) is 5.73. The van der Waals surface area contributed by atoms with Crippen molar-refractivity contribution < 1.29 is 4.74 Å². The molecule has 1 unspecified atom stereocenters. The van der Waals surface area contributed by atoms with Crippen molar-refractivity contribution in [2.24, 2.45) is 0 Å². The standard InChI is InChI=1S/C12H14N2.C8H10O/c1-8-12-10(6-7-13-8)9-4-2-3-5-11(9)14-12;1-2-9-8-6-4-3-5-7-8/h2-5,8,13-14H,6-7H2,1H3;3-7H,2H2,1H3. The molecule has 0 aliphatic carbocycles. The average Bonchev–Trinajstić information content (AvgIpc) is 2.97. The number of hydrogen-bond acceptors (Lipinski definition) is 2. The average molecular weight is 308 g/mol. The summed E-state index contributed by atoms with van der Waals surface area (Å²) in [7, 11) is 0. The molecule has 3 heteroatoms. The molecule has 23 heavy (non-hydrogen) atoms. The summed E-state index contributed by atoms with van der Waals surface area (Å²) in [5.74, 6) is 0.944. The Morgan fingerprint density at radius 2 is 1.78 bits per heavy atom. The van der Waals surface area contributed by atoms with E-state index in [0.717, 1.165) is 25.3 Å². The van der Waals surface area contributed by atoms with E-state index in [-0.39, 0.29) is 0 Å². The van der Waals surface area contributed by atoms with E-state index < -0.39 is 0 Å². The molecule has 0 fully saturated rings. The maximum Gasteiger partial charge on any atom is 0.119 e. The number of fused-ring (bicyclic) bond motifs is 3. The van der Waals surface area contributed by atoms with Crippen LogP contribution in [0, 0.1) is 0 Å². The molecule has 3 aromatic rings. The van der Waals surface area contributed by atoms with Gasteiger partial charge < -0.3 is 15.0 Å². The van der Waals surface area contributed by atoms with Gasteiger partial charge in [-0.3, -0.25) is 0 Å². The van der Waals surface area contributed by atoms with Gasteiger partial charge in [-0.1, -0.05) is 36.4 Å². The third-order valence-electron chi connectivity index (χ3n) is 4.16. The molecule has 4 rings (SSSR count). The van der Waals surface area contributed by atoms with Crippen LogP contribution >= 0.6 is 0 Å². The lowest BCUT2D eigenvalue weighted by Gasteiger charge is -2.20. The number of aromatic nitrogens is 1. The molecule has 1 atom stereocenters. The zero-order chi connectivity index (χ0) is 16.1. The quantitative estimate of drug-likeness (QED) is 0.733. The molecule has 2 N–H and O–H groups in total. The van der Waals surface area contributed by atoms with Crippen molar-refractivity contribution in [1.29, 1.82) is 0 Å². The maximum absolute atomic E-state index is 5.21. The number of para-hydroxylation sites is 2. The monoisotopic (exact) mass is 308 g/mol. The van der Waals surface area contributed by atoms with Crippen LogP contribution in [0.2, 0.25) is 0 Å². The molecular weight excluding hydrogens is 284 g/mol. The first-order valence-electron chi connectivity index (χ1n) is 8.30. The molecule has 0 saturated heterocycles. The Morgan fingerprint density at radius 3 is 2.57 bits per heavy atom. The Hall–Kier alpha value is -2.26. The molecule has 2 heterocycles. The van der Waals surface area contributed by atoms with E-state index in [0.29, 0.717) is 6.04 Å². The van der Waals surface area contributed by atoms with Crippen molar-refractivity contribution in [2.45, 2.75) is 26.3 Å². The number of hydrogen-bond donors (Lipinski definition) is 2. The molecule has 3 nitrogen and oxygen atoms in total. The summed E-state index contributed by atoms with van der Waals surface area (Å²) < 4.78 is 5.21. The minimum absolute atomic E-state index is 0.464. The largest absolute Gasteiger partial charge is 0.494 e. The highest BCUT2D eigenvalue weighted by Gasteiger charge is 2.19. The van der Waals surface area contributed by atoms with Gasteiger partial charge in [0.15, 0.2) is 0 Å². The Morgan fingerprint density at radius 1 is 1.04 bits per heavy atom. The van der Waals surface area contributed by atoms with Gasteiger partial charge in [-0.25, -0.2) is 0 Å². The number of H-pyrrole nitrogens is 1. The van der Waals surface area contributed by atoms with Gasteiger partial charge in [0.25, 0.3) is 0 Å². The summed E-state index contributed by atoms with van der Waals surface area (Å²) in [5.41, 5.74) is 4.15. The van der Waals surface area contributed by atoms with Crippen LogP contribution in [-0.2, 0) is 6.42 Å². The summed E-state index contributed by atoms with van der Waals surface area (Å²) in [5, 5.41) is 4.87. The van der Waals surface area contributed by atoms with Gasteiger partial charge in [-0.05, 0) is 50.6 Å². The van der Waals surface area contributed by atoms with Crippen molar-refractivity contribution in [3.63, 3.8) is 0 Å². The molecule has 0 spiro atoms. The van der Waals surface area contributed by atoms with Crippen LogP contribution in [0.15, 0.2) is 54.6 Å². The summed E-state index contributed by atoms with van der Waals surface area (Å²) in [6.45, 7) is 6.03. The molecular formula is C20H24N2O. The Labute approximate surface area is 137 Å². The van der Waals surface area contributed by atoms with Gasteiger partial charge in [0, 0.05) is 22.6 Å². The van der Waals surface area contributed by atoms with Gasteiger partial charge in [0.05, 0.1) is 6.61 Å². The summed E-state index contributed by atoms with van der Waals surface area (Å²) in [4.78, 5) is 3.50. The first kappa shape index (κ1) is 15.6. The van der Waals surface area contributed by atoms with Crippen LogP contribution in [0.5, 0.6) is 5.75 Å². The number of nitrogens with one attached hydrogen (secondary N) is 2. The SMILES string of the molecule is CC1NCCc2c1[nH]c1ccccc21.CCOc1ccccc1. The van der Waals surface area contributed by atoms with E-state index >= 15 is 0 Å². The number of benzene rings is 2. The summed E-state index contributed by atoms with van der Waals surface area (Å²) in [6, 6.07) is 18.8. The first-order chi connectivity index (χ1) is 11.3.